The molecule has 1 saturated heterocycles. The van der Waals surface area contributed by atoms with Crippen LogP contribution in [0.2, 0.25) is 0 Å². The van der Waals surface area contributed by atoms with Gasteiger partial charge in [-0.05, 0) is 31.0 Å². The van der Waals surface area contributed by atoms with Gasteiger partial charge in [0.05, 0.1) is 5.52 Å². The van der Waals surface area contributed by atoms with Crippen LogP contribution in [-0.2, 0) is 0 Å². The zero-order chi connectivity index (χ0) is 13.2. The van der Waals surface area contributed by atoms with Crippen molar-refractivity contribution >= 4 is 32.7 Å². The number of nitrogens with zero attached hydrogens (tertiary/aromatic N) is 2. The topological polar surface area (TPSA) is 33.2 Å². The summed E-state index contributed by atoms with van der Waals surface area (Å²) in [6.07, 6.45) is 3.93. The van der Waals surface area contributed by atoms with E-state index >= 15 is 0 Å². The van der Waals surface area contributed by atoms with Crippen molar-refractivity contribution in [2.75, 3.05) is 11.9 Å². The molecule has 2 aromatic rings. The van der Waals surface area contributed by atoms with Crippen molar-refractivity contribution in [1.29, 1.82) is 0 Å². The zero-order valence-electron chi connectivity index (χ0n) is 10.6. The van der Waals surface area contributed by atoms with Gasteiger partial charge in [0.1, 0.15) is 0 Å². The highest BCUT2D eigenvalue weighted by Crippen LogP contribution is 2.24. The van der Waals surface area contributed by atoms with Crippen LogP contribution in [-0.4, -0.2) is 33.7 Å². The third kappa shape index (κ3) is 2.25. The standard InChI is InChI=1S/C15H15BrN2O/c16-10-11-4-3-9-18(11)15(19)13-5-1-7-14-12(13)6-2-8-17-14/h1-2,5-8,11H,3-4,9-10H2. The Morgan fingerprint density at radius 1 is 1.37 bits per heavy atom. The Kier molecular flexibility index (Phi) is 3.51. The van der Waals surface area contributed by atoms with Gasteiger partial charge >= 0.3 is 0 Å². The first-order valence-corrected chi connectivity index (χ1v) is 7.64. The molecule has 1 aromatic carbocycles. The molecular formula is C15H15BrN2O. The molecular weight excluding hydrogens is 304 g/mol. The Bertz CT molecular complexity index is 609. The lowest BCUT2D eigenvalue weighted by atomic mass is 10.1. The number of hydrogen-bond acceptors (Lipinski definition) is 2. The Hall–Kier alpha value is -1.42. The van der Waals surface area contributed by atoms with Crippen molar-refractivity contribution in [3.63, 3.8) is 0 Å². The van der Waals surface area contributed by atoms with E-state index in [2.05, 4.69) is 20.9 Å². The minimum atomic E-state index is 0.126. The number of rotatable bonds is 2. The quantitative estimate of drug-likeness (QED) is 0.796. The number of fused-ring (bicyclic) bond motifs is 1. The van der Waals surface area contributed by atoms with Gasteiger partial charge in [0.15, 0.2) is 0 Å². The zero-order valence-corrected chi connectivity index (χ0v) is 12.1. The molecule has 0 radical (unpaired) electrons. The van der Waals surface area contributed by atoms with E-state index in [0.29, 0.717) is 6.04 Å². The Morgan fingerprint density at radius 2 is 2.26 bits per heavy atom. The highest BCUT2D eigenvalue weighted by molar-refractivity contribution is 9.09. The molecule has 1 unspecified atom stereocenters. The fourth-order valence-electron chi connectivity index (χ4n) is 2.71. The summed E-state index contributed by atoms with van der Waals surface area (Å²) in [4.78, 5) is 19.0. The summed E-state index contributed by atoms with van der Waals surface area (Å²) in [6.45, 7) is 0.853. The van der Waals surface area contributed by atoms with Crippen molar-refractivity contribution in [2.24, 2.45) is 0 Å². The predicted octanol–water partition coefficient (Wildman–Crippen LogP) is 3.23. The number of hydrogen-bond donors (Lipinski definition) is 0. The molecule has 1 amide bonds. The third-order valence-corrected chi connectivity index (χ3v) is 4.44. The first-order chi connectivity index (χ1) is 9.31. The fraction of sp³-hybridized carbons (Fsp3) is 0.333. The molecule has 0 aliphatic carbocycles. The fourth-order valence-corrected chi connectivity index (χ4v) is 3.38. The van der Waals surface area contributed by atoms with Crippen LogP contribution in [0.25, 0.3) is 10.9 Å². The van der Waals surface area contributed by atoms with Crippen molar-refractivity contribution in [3.8, 4) is 0 Å². The molecule has 19 heavy (non-hydrogen) atoms. The second kappa shape index (κ2) is 5.29. The van der Waals surface area contributed by atoms with Crippen LogP contribution in [0, 0.1) is 0 Å². The molecule has 1 aliphatic rings. The molecule has 1 fully saturated rings. The predicted molar refractivity (Wildman–Crippen MR) is 79.6 cm³/mol. The van der Waals surface area contributed by atoms with E-state index in [1.807, 2.05) is 35.2 Å². The van der Waals surface area contributed by atoms with Gasteiger partial charge in [0.2, 0.25) is 0 Å². The molecule has 1 aromatic heterocycles. The van der Waals surface area contributed by atoms with Gasteiger partial charge in [0, 0.05) is 35.1 Å². The van der Waals surface area contributed by atoms with E-state index in [-0.39, 0.29) is 5.91 Å². The highest BCUT2D eigenvalue weighted by Gasteiger charge is 2.29. The Labute approximate surface area is 120 Å². The second-order valence-electron chi connectivity index (χ2n) is 4.82. The monoisotopic (exact) mass is 318 g/mol. The van der Waals surface area contributed by atoms with E-state index in [4.69, 9.17) is 0 Å². The summed E-state index contributed by atoms with van der Waals surface area (Å²) < 4.78 is 0. The number of pyridine rings is 1. The van der Waals surface area contributed by atoms with E-state index in [0.717, 1.165) is 41.2 Å². The van der Waals surface area contributed by atoms with Gasteiger partial charge in [-0.1, -0.05) is 28.1 Å². The minimum absolute atomic E-state index is 0.126. The van der Waals surface area contributed by atoms with Crippen LogP contribution in [0.15, 0.2) is 36.5 Å². The number of carbonyl (C=O) groups is 1. The van der Waals surface area contributed by atoms with Gasteiger partial charge in [-0.2, -0.15) is 0 Å². The summed E-state index contributed by atoms with van der Waals surface area (Å²) in [5.41, 5.74) is 1.64. The largest absolute Gasteiger partial charge is 0.335 e. The normalized spacial score (nSPS) is 19.0. The molecule has 1 aliphatic heterocycles. The Morgan fingerprint density at radius 3 is 3.11 bits per heavy atom. The molecule has 1 atom stereocenters. The number of carbonyl (C=O) groups excluding carboxylic acids is 1. The number of likely N-dealkylation sites (tertiary alicyclic amines) is 1. The number of alkyl halides is 1. The summed E-state index contributed by atoms with van der Waals surface area (Å²) in [5.74, 6) is 0.126. The number of amides is 1. The molecule has 3 rings (SSSR count). The second-order valence-corrected chi connectivity index (χ2v) is 5.47. The summed E-state index contributed by atoms with van der Waals surface area (Å²) in [5, 5.41) is 1.79. The van der Waals surface area contributed by atoms with E-state index in [1.165, 1.54) is 0 Å². The van der Waals surface area contributed by atoms with Crippen molar-refractivity contribution in [2.45, 2.75) is 18.9 Å². The van der Waals surface area contributed by atoms with E-state index < -0.39 is 0 Å². The SMILES string of the molecule is O=C(c1cccc2ncccc12)N1CCCC1CBr. The highest BCUT2D eigenvalue weighted by atomic mass is 79.9. The van der Waals surface area contributed by atoms with Crippen LogP contribution < -0.4 is 0 Å². The number of halogens is 1. The maximum Gasteiger partial charge on any atom is 0.254 e. The average Bonchev–Trinajstić information content (AvgIpc) is 2.94. The molecule has 4 heteroatoms. The smallest absolute Gasteiger partial charge is 0.254 e. The summed E-state index contributed by atoms with van der Waals surface area (Å²) in [7, 11) is 0. The molecule has 0 N–H and O–H groups in total. The van der Waals surface area contributed by atoms with Gasteiger partial charge < -0.3 is 4.90 Å². The summed E-state index contributed by atoms with van der Waals surface area (Å²) >= 11 is 3.50. The molecule has 3 nitrogen and oxygen atoms in total. The first-order valence-electron chi connectivity index (χ1n) is 6.52. The summed E-state index contributed by atoms with van der Waals surface area (Å²) in [6, 6.07) is 9.91. The lowest BCUT2D eigenvalue weighted by molar-refractivity contribution is 0.0752. The van der Waals surface area contributed by atoms with Crippen LogP contribution in [0.3, 0.4) is 0 Å². The van der Waals surface area contributed by atoms with Crippen LogP contribution in [0.4, 0.5) is 0 Å². The van der Waals surface area contributed by atoms with Gasteiger partial charge in [-0.15, -0.1) is 0 Å². The van der Waals surface area contributed by atoms with Crippen LogP contribution in [0.1, 0.15) is 23.2 Å². The van der Waals surface area contributed by atoms with Crippen molar-refractivity contribution < 1.29 is 4.79 Å². The minimum Gasteiger partial charge on any atom is -0.335 e. The molecule has 0 bridgehead atoms. The number of benzene rings is 1. The van der Waals surface area contributed by atoms with E-state index in [1.54, 1.807) is 6.20 Å². The van der Waals surface area contributed by atoms with Crippen LogP contribution in [0.5, 0.6) is 0 Å². The van der Waals surface area contributed by atoms with Crippen molar-refractivity contribution in [1.82, 2.24) is 9.88 Å². The third-order valence-electron chi connectivity index (χ3n) is 3.69. The molecule has 0 spiro atoms. The first kappa shape index (κ1) is 12.6. The number of aromatic nitrogens is 1. The van der Waals surface area contributed by atoms with Crippen LogP contribution >= 0.6 is 15.9 Å². The molecule has 98 valence electrons. The van der Waals surface area contributed by atoms with Gasteiger partial charge in [-0.25, -0.2) is 0 Å². The van der Waals surface area contributed by atoms with Crippen molar-refractivity contribution in [3.05, 3.63) is 42.1 Å². The maximum atomic E-state index is 12.7. The Balaban J connectivity index is 2.02. The lowest BCUT2D eigenvalue weighted by Crippen LogP contribution is -2.36. The average molecular weight is 319 g/mol. The molecule has 2 heterocycles. The van der Waals surface area contributed by atoms with Gasteiger partial charge in [0.25, 0.3) is 5.91 Å². The van der Waals surface area contributed by atoms with E-state index in [9.17, 15) is 4.79 Å². The molecule has 0 saturated carbocycles. The van der Waals surface area contributed by atoms with Gasteiger partial charge in [-0.3, -0.25) is 9.78 Å². The lowest BCUT2D eigenvalue weighted by Gasteiger charge is -2.23. The maximum absolute atomic E-state index is 12.7.